The topological polar surface area (TPSA) is 110 Å². The van der Waals surface area contributed by atoms with E-state index in [0.29, 0.717) is 0 Å². The second-order valence-electron chi connectivity index (χ2n) is 4.41. The Labute approximate surface area is 113 Å². The molecule has 0 radical (unpaired) electrons. The number of hydrogen-bond donors (Lipinski definition) is 2. The third kappa shape index (κ3) is 7.78. The van der Waals surface area contributed by atoms with Gasteiger partial charge in [-0.15, -0.1) is 0 Å². The lowest BCUT2D eigenvalue weighted by atomic mass is 9.97. The van der Waals surface area contributed by atoms with Crippen LogP contribution in [0.5, 0.6) is 0 Å². The molecule has 8 heteroatoms. The highest BCUT2D eigenvalue weighted by Crippen LogP contribution is 2.10. The molecule has 19 heavy (non-hydrogen) atoms. The highest BCUT2D eigenvalue weighted by atomic mass is 32.2. The fourth-order valence-electron chi connectivity index (χ4n) is 1.35. The van der Waals surface area contributed by atoms with E-state index in [9.17, 15) is 18.0 Å². The number of ether oxygens (including phenoxy) is 1. The van der Waals surface area contributed by atoms with Gasteiger partial charge < -0.3 is 9.84 Å². The van der Waals surface area contributed by atoms with Gasteiger partial charge in [0.05, 0.1) is 24.7 Å². The highest BCUT2D eigenvalue weighted by molar-refractivity contribution is 7.89. The number of esters is 1. The molecule has 0 bridgehead atoms. The van der Waals surface area contributed by atoms with Crippen molar-refractivity contribution in [1.29, 1.82) is 0 Å². The Morgan fingerprint density at radius 1 is 1.32 bits per heavy atom. The van der Waals surface area contributed by atoms with Crippen molar-refractivity contribution in [3.8, 4) is 0 Å². The average Bonchev–Trinajstić information content (AvgIpc) is 2.26. The van der Waals surface area contributed by atoms with Crippen molar-refractivity contribution >= 4 is 22.0 Å². The molecule has 1 atom stereocenters. The van der Waals surface area contributed by atoms with E-state index in [4.69, 9.17) is 5.11 Å². The van der Waals surface area contributed by atoms with E-state index < -0.39 is 33.6 Å². The number of carboxylic acid groups (broad SMARTS) is 1. The molecule has 0 aromatic rings. The summed E-state index contributed by atoms with van der Waals surface area (Å²) in [4.78, 5) is 21.9. The second-order valence-corrected chi connectivity index (χ2v) is 6.34. The number of sulfonamides is 1. The highest BCUT2D eigenvalue weighted by Gasteiger charge is 2.24. The molecule has 0 spiro atoms. The van der Waals surface area contributed by atoms with Crippen LogP contribution < -0.4 is 4.72 Å². The van der Waals surface area contributed by atoms with Crippen molar-refractivity contribution in [3.63, 3.8) is 0 Å². The summed E-state index contributed by atoms with van der Waals surface area (Å²) in [7, 11) is -3.67. The SMILES string of the molecule is CCOC(=O)CCS(=O)(=O)NCC(C(=O)O)C(C)C. The van der Waals surface area contributed by atoms with Crippen LogP contribution in [0.15, 0.2) is 0 Å². The summed E-state index contributed by atoms with van der Waals surface area (Å²) in [5.74, 6) is -3.03. The van der Waals surface area contributed by atoms with Crippen molar-refractivity contribution in [2.45, 2.75) is 27.2 Å². The summed E-state index contributed by atoms with van der Waals surface area (Å²) in [6.07, 6.45) is -0.247. The van der Waals surface area contributed by atoms with Crippen molar-refractivity contribution in [2.75, 3.05) is 18.9 Å². The maximum absolute atomic E-state index is 11.6. The van der Waals surface area contributed by atoms with Crippen LogP contribution in [0.25, 0.3) is 0 Å². The zero-order chi connectivity index (χ0) is 15.1. The van der Waals surface area contributed by atoms with E-state index in [1.807, 2.05) is 0 Å². The zero-order valence-corrected chi connectivity index (χ0v) is 12.2. The van der Waals surface area contributed by atoms with Crippen molar-refractivity contribution in [1.82, 2.24) is 4.72 Å². The van der Waals surface area contributed by atoms with Crippen LogP contribution >= 0.6 is 0 Å². The zero-order valence-electron chi connectivity index (χ0n) is 11.4. The molecule has 7 nitrogen and oxygen atoms in total. The van der Waals surface area contributed by atoms with Gasteiger partial charge in [-0.05, 0) is 12.8 Å². The second kappa shape index (κ2) is 8.11. The summed E-state index contributed by atoms with van der Waals surface area (Å²) in [6.45, 7) is 5.04. The number of carbonyl (C=O) groups is 2. The minimum absolute atomic E-state index is 0.182. The Morgan fingerprint density at radius 2 is 1.89 bits per heavy atom. The largest absolute Gasteiger partial charge is 0.481 e. The molecule has 0 aromatic heterocycles. The molecule has 0 heterocycles. The maximum Gasteiger partial charge on any atom is 0.308 e. The predicted molar refractivity (Wildman–Crippen MR) is 69.0 cm³/mol. The standard InChI is InChI=1S/C11H21NO6S/c1-4-18-10(13)5-6-19(16,17)12-7-9(8(2)3)11(14)15/h8-9,12H,4-7H2,1-3H3,(H,14,15). The van der Waals surface area contributed by atoms with Gasteiger partial charge in [-0.25, -0.2) is 13.1 Å². The molecule has 0 aliphatic heterocycles. The molecule has 0 aromatic carbocycles. The normalized spacial score (nSPS) is 13.3. The molecule has 0 saturated heterocycles. The summed E-state index contributed by atoms with van der Waals surface area (Å²) in [5, 5.41) is 8.92. The molecular weight excluding hydrogens is 274 g/mol. The molecule has 0 saturated carbocycles. The number of nitrogens with one attached hydrogen (secondary N) is 1. The van der Waals surface area contributed by atoms with Gasteiger partial charge in [0.25, 0.3) is 0 Å². The summed E-state index contributed by atoms with van der Waals surface area (Å²) in [5.41, 5.74) is 0. The minimum Gasteiger partial charge on any atom is -0.481 e. The van der Waals surface area contributed by atoms with E-state index in [2.05, 4.69) is 9.46 Å². The Kier molecular flexibility index (Phi) is 7.62. The molecule has 0 amide bonds. The summed E-state index contributed by atoms with van der Waals surface area (Å²) >= 11 is 0. The van der Waals surface area contributed by atoms with Gasteiger partial charge in [0, 0.05) is 6.54 Å². The first-order valence-corrected chi connectivity index (χ1v) is 7.70. The number of carbonyl (C=O) groups excluding carboxylic acids is 1. The molecular formula is C11H21NO6S. The first-order chi connectivity index (χ1) is 8.69. The molecule has 0 rings (SSSR count). The molecule has 0 aliphatic rings. The van der Waals surface area contributed by atoms with Crippen molar-refractivity contribution in [2.24, 2.45) is 11.8 Å². The molecule has 0 fully saturated rings. The van der Waals surface area contributed by atoms with Gasteiger partial charge >= 0.3 is 11.9 Å². The van der Waals surface area contributed by atoms with Gasteiger partial charge in [-0.3, -0.25) is 9.59 Å². The number of carboxylic acids is 1. The monoisotopic (exact) mass is 295 g/mol. The molecule has 1 unspecified atom stereocenters. The average molecular weight is 295 g/mol. The molecule has 0 aliphatic carbocycles. The van der Waals surface area contributed by atoms with Gasteiger partial charge in [0.15, 0.2) is 0 Å². The lowest BCUT2D eigenvalue weighted by Crippen LogP contribution is -2.37. The van der Waals surface area contributed by atoms with Crippen LogP contribution in [0, 0.1) is 11.8 Å². The van der Waals surface area contributed by atoms with E-state index in [0.717, 1.165) is 0 Å². The van der Waals surface area contributed by atoms with Crippen LogP contribution in [-0.2, 0) is 24.3 Å². The minimum atomic E-state index is -3.67. The molecule has 2 N–H and O–H groups in total. The van der Waals surface area contributed by atoms with Gasteiger partial charge in [-0.1, -0.05) is 13.8 Å². The Hall–Kier alpha value is -1.15. The van der Waals surface area contributed by atoms with Gasteiger partial charge in [0.2, 0.25) is 10.0 Å². The van der Waals surface area contributed by atoms with Crippen LogP contribution in [0.2, 0.25) is 0 Å². The summed E-state index contributed by atoms with van der Waals surface area (Å²) in [6, 6.07) is 0. The number of hydrogen-bond acceptors (Lipinski definition) is 5. The number of rotatable bonds is 9. The van der Waals surface area contributed by atoms with Crippen LogP contribution in [0.1, 0.15) is 27.2 Å². The quantitative estimate of drug-likeness (QED) is 0.589. The van der Waals surface area contributed by atoms with Crippen molar-refractivity contribution in [3.05, 3.63) is 0 Å². The Balaban J connectivity index is 4.30. The Morgan fingerprint density at radius 3 is 2.32 bits per heavy atom. The Bertz CT molecular complexity index is 403. The first kappa shape index (κ1) is 17.8. The third-order valence-corrected chi connectivity index (χ3v) is 3.87. The van der Waals surface area contributed by atoms with Gasteiger partial charge in [0.1, 0.15) is 0 Å². The van der Waals surface area contributed by atoms with E-state index in [1.54, 1.807) is 20.8 Å². The number of aliphatic carboxylic acids is 1. The van der Waals surface area contributed by atoms with Crippen LogP contribution in [0.3, 0.4) is 0 Å². The van der Waals surface area contributed by atoms with Gasteiger partial charge in [-0.2, -0.15) is 0 Å². The van der Waals surface area contributed by atoms with Crippen LogP contribution in [-0.4, -0.2) is 44.4 Å². The van der Waals surface area contributed by atoms with Crippen LogP contribution in [0.4, 0.5) is 0 Å². The van der Waals surface area contributed by atoms with E-state index in [-0.39, 0.29) is 25.5 Å². The fourth-order valence-corrected chi connectivity index (χ4v) is 2.36. The maximum atomic E-state index is 11.6. The molecule has 112 valence electrons. The third-order valence-electron chi connectivity index (χ3n) is 2.53. The fraction of sp³-hybridized carbons (Fsp3) is 0.818. The lowest BCUT2D eigenvalue weighted by Gasteiger charge is -2.16. The smallest absolute Gasteiger partial charge is 0.308 e. The first-order valence-electron chi connectivity index (χ1n) is 6.05. The van der Waals surface area contributed by atoms with Crippen molar-refractivity contribution < 1.29 is 27.9 Å². The van der Waals surface area contributed by atoms with E-state index in [1.165, 1.54) is 0 Å². The lowest BCUT2D eigenvalue weighted by molar-refractivity contribution is -0.143. The predicted octanol–water partition coefficient (Wildman–Crippen LogP) is 0.216. The summed E-state index contributed by atoms with van der Waals surface area (Å²) < 4.78 is 30.0. The van der Waals surface area contributed by atoms with E-state index >= 15 is 0 Å².